The van der Waals surface area contributed by atoms with Crippen LogP contribution in [0.25, 0.3) is 0 Å². The molecule has 3 amide bonds. The largest absolute Gasteiger partial charge is 0.339 e. The number of nitrogens with zero attached hydrogens (tertiary/aromatic N) is 3. The third-order valence-electron chi connectivity index (χ3n) is 7.73. The molecular weight excluding hydrogens is 422 g/mol. The summed E-state index contributed by atoms with van der Waals surface area (Å²) in [5, 5.41) is 9.90. The molecule has 31 heavy (non-hydrogen) atoms. The highest BCUT2D eigenvalue weighted by molar-refractivity contribution is 7.91. The zero-order valence-electron chi connectivity index (χ0n) is 17.9. The molecule has 0 bridgehead atoms. The fourth-order valence-electron chi connectivity index (χ4n) is 5.69. The van der Waals surface area contributed by atoms with Gasteiger partial charge in [-0.2, -0.15) is 5.06 Å². The summed E-state index contributed by atoms with van der Waals surface area (Å²) in [5.74, 6) is -0.802. The number of hydrogen-bond acceptors (Lipinski definition) is 7. The van der Waals surface area contributed by atoms with E-state index in [1.54, 1.807) is 4.90 Å². The van der Waals surface area contributed by atoms with E-state index < -0.39 is 21.7 Å². The van der Waals surface area contributed by atoms with Crippen molar-refractivity contribution in [2.24, 2.45) is 17.3 Å². The Hall–Kier alpha value is -1.52. The molecule has 2 saturated carbocycles. The molecule has 4 aliphatic rings. The van der Waals surface area contributed by atoms with E-state index in [-0.39, 0.29) is 53.4 Å². The van der Waals surface area contributed by atoms with Crippen molar-refractivity contribution in [1.82, 2.24) is 14.9 Å². The Bertz CT molecular complexity index is 807. The first kappa shape index (κ1) is 22.7. The highest BCUT2D eigenvalue weighted by atomic mass is 32.2. The summed E-state index contributed by atoms with van der Waals surface area (Å²) in [6, 6.07) is -0.370. The van der Waals surface area contributed by atoms with Crippen LogP contribution < -0.4 is 0 Å². The quantitative estimate of drug-likeness (QED) is 0.341. The van der Waals surface area contributed by atoms with Crippen molar-refractivity contribution in [3.63, 3.8) is 0 Å². The van der Waals surface area contributed by atoms with Crippen molar-refractivity contribution in [2.75, 3.05) is 37.7 Å². The Labute approximate surface area is 183 Å². The smallest absolute Gasteiger partial charge is 0.257 e. The lowest BCUT2D eigenvalue weighted by atomic mass is 9.91. The van der Waals surface area contributed by atoms with Gasteiger partial charge in [0.05, 0.1) is 23.5 Å². The van der Waals surface area contributed by atoms with Crippen LogP contribution in [0.3, 0.4) is 0 Å². The van der Waals surface area contributed by atoms with Crippen molar-refractivity contribution >= 4 is 28.1 Å². The van der Waals surface area contributed by atoms with Crippen LogP contribution in [0.15, 0.2) is 0 Å². The lowest BCUT2D eigenvalue weighted by Gasteiger charge is -2.34. The van der Waals surface area contributed by atoms with E-state index in [0.29, 0.717) is 18.9 Å². The van der Waals surface area contributed by atoms with Gasteiger partial charge in [0.1, 0.15) is 0 Å². The van der Waals surface area contributed by atoms with Gasteiger partial charge in [-0.3, -0.25) is 24.5 Å². The van der Waals surface area contributed by atoms with Crippen molar-refractivity contribution in [3.8, 4) is 0 Å². The van der Waals surface area contributed by atoms with Crippen molar-refractivity contribution < 1.29 is 28.0 Å². The molecule has 0 radical (unpaired) electrons. The van der Waals surface area contributed by atoms with E-state index >= 15 is 0 Å². The number of imide groups is 1. The zero-order chi connectivity index (χ0) is 22.2. The number of carbonyl (C=O) groups is 3. The molecule has 174 valence electrons. The molecule has 10 heteroatoms. The standard InChI is InChI=1S/C21H33N3O6S/c25-15-24(28)19(26)17(11-16-3-1-2-4-16)13-23-14-21(5-6-21)12-18(23)20(27)22-7-9-31(29,30)10-8-22/h15-18,28H,1-14H2/t17-,18+/m1/s1. The average molecular weight is 456 g/mol. The van der Waals surface area contributed by atoms with Crippen molar-refractivity contribution in [1.29, 1.82) is 0 Å². The molecule has 2 atom stereocenters. The summed E-state index contributed by atoms with van der Waals surface area (Å²) in [5.41, 5.74) is 0.118. The molecule has 9 nitrogen and oxygen atoms in total. The summed E-state index contributed by atoms with van der Waals surface area (Å²) in [6.45, 7) is 1.51. The second-order valence-electron chi connectivity index (χ2n) is 10.00. The van der Waals surface area contributed by atoms with Crippen LogP contribution in [0.4, 0.5) is 0 Å². The average Bonchev–Trinajstić information content (AvgIpc) is 3.13. The van der Waals surface area contributed by atoms with Crippen LogP contribution in [-0.2, 0) is 24.2 Å². The number of hydrogen-bond donors (Lipinski definition) is 1. The van der Waals surface area contributed by atoms with Gasteiger partial charge < -0.3 is 4.90 Å². The van der Waals surface area contributed by atoms with Crippen LogP contribution in [0.1, 0.15) is 51.4 Å². The van der Waals surface area contributed by atoms with Crippen LogP contribution >= 0.6 is 0 Å². The normalized spacial score (nSPS) is 28.5. The number of likely N-dealkylation sites (tertiary alicyclic amines) is 1. The predicted molar refractivity (Wildman–Crippen MR) is 112 cm³/mol. The van der Waals surface area contributed by atoms with Gasteiger partial charge in [-0.1, -0.05) is 25.7 Å². The first-order valence-electron chi connectivity index (χ1n) is 11.4. The van der Waals surface area contributed by atoms with Gasteiger partial charge in [0.15, 0.2) is 9.84 Å². The monoisotopic (exact) mass is 455 g/mol. The molecule has 1 N–H and O–H groups in total. The predicted octanol–water partition coefficient (Wildman–Crippen LogP) is 0.669. The van der Waals surface area contributed by atoms with Gasteiger partial charge in [0, 0.05) is 26.2 Å². The van der Waals surface area contributed by atoms with Gasteiger partial charge in [0.25, 0.3) is 5.91 Å². The second-order valence-corrected chi connectivity index (χ2v) is 12.3. The van der Waals surface area contributed by atoms with Gasteiger partial charge in [-0.15, -0.1) is 0 Å². The summed E-state index contributed by atoms with van der Waals surface area (Å²) in [7, 11) is -3.07. The minimum absolute atomic E-state index is 0.00178. The molecule has 1 spiro atoms. The number of amides is 3. The van der Waals surface area contributed by atoms with Crippen LogP contribution in [0.2, 0.25) is 0 Å². The molecule has 0 aromatic heterocycles. The number of hydroxylamine groups is 2. The minimum Gasteiger partial charge on any atom is -0.339 e. The maximum Gasteiger partial charge on any atom is 0.257 e. The Kier molecular flexibility index (Phi) is 6.42. The van der Waals surface area contributed by atoms with Crippen molar-refractivity contribution in [3.05, 3.63) is 0 Å². The Morgan fingerprint density at radius 3 is 2.39 bits per heavy atom. The van der Waals surface area contributed by atoms with E-state index in [9.17, 15) is 28.0 Å². The minimum atomic E-state index is -3.07. The summed E-state index contributed by atoms with van der Waals surface area (Å²) in [6.07, 6.45) is 7.95. The Balaban J connectivity index is 1.48. The number of carbonyl (C=O) groups excluding carboxylic acids is 3. The van der Waals surface area contributed by atoms with Gasteiger partial charge in [0.2, 0.25) is 12.3 Å². The number of rotatable bonds is 7. The molecule has 2 aliphatic carbocycles. The van der Waals surface area contributed by atoms with E-state index in [0.717, 1.165) is 51.5 Å². The Morgan fingerprint density at radius 1 is 1.16 bits per heavy atom. The molecular formula is C21H33N3O6S. The number of sulfone groups is 1. The second kappa shape index (κ2) is 8.78. The van der Waals surface area contributed by atoms with Gasteiger partial charge >= 0.3 is 0 Å². The molecule has 2 heterocycles. The maximum atomic E-state index is 13.3. The lowest BCUT2D eigenvalue weighted by Crippen LogP contribution is -2.52. The van der Waals surface area contributed by atoms with Crippen LogP contribution in [0, 0.1) is 17.3 Å². The van der Waals surface area contributed by atoms with E-state index in [1.165, 1.54) is 0 Å². The molecule has 4 fully saturated rings. The van der Waals surface area contributed by atoms with Gasteiger partial charge in [-0.25, -0.2) is 8.42 Å². The molecule has 0 unspecified atom stereocenters. The molecule has 2 aliphatic heterocycles. The highest BCUT2D eigenvalue weighted by Gasteiger charge is 2.55. The van der Waals surface area contributed by atoms with Crippen LogP contribution in [0.5, 0.6) is 0 Å². The first-order chi connectivity index (χ1) is 14.7. The SMILES string of the molecule is O=CN(O)C(=O)[C@H](CC1CCCC1)CN1CC2(CC2)C[C@H]1C(=O)N1CCS(=O)(=O)CC1. The molecule has 0 aromatic rings. The maximum absolute atomic E-state index is 13.3. The van der Waals surface area contributed by atoms with E-state index in [4.69, 9.17) is 0 Å². The molecule has 0 aromatic carbocycles. The lowest BCUT2D eigenvalue weighted by molar-refractivity contribution is -0.174. The Morgan fingerprint density at radius 2 is 1.81 bits per heavy atom. The van der Waals surface area contributed by atoms with Crippen molar-refractivity contribution in [2.45, 2.75) is 57.4 Å². The summed E-state index contributed by atoms with van der Waals surface area (Å²) in [4.78, 5) is 40.8. The fourth-order valence-corrected chi connectivity index (χ4v) is 6.89. The topological polar surface area (TPSA) is 115 Å². The molecule has 2 saturated heterocycles. The summed E-state index contributed by atoms with van der Waals surface area (Å²) < 4.78 is 23.5. The highest BCUT2D eigenvalue weighted by Crippen LogP contribution is 2.55. The third kappa shape index (κ3) is 5.12. The zero-order valence-corrected chi connectivity index (χ0v) is 18.8. The van der Waals surface area contributed by atoms with Gasteiger partial charge in [-0.05, 0) is 37.0 Å². The first-order valence-corrected chi connectivity index (χ1v) is 13.2. The van der Waals surface area contributed by atoms with Crippen LogP contribution in [-0.4, -0.2) is 90.4 Å². The summed E-state index contributed by atoms with van der Waals surface area (Å²) >= 11 is 0. The van der Waals surface area contributed by atoms with E-state index in [1.807, 2.05) is 0 Å². The van der Waals surface area contributed by atoms with E-state index in [2.05, 4.69) is 4.90 Å². The third-order valence-corrected chi connectivity index (χ3v) is 9.34. The molecule has 4 rings (SSSR count). The fraction of sp³-hybridized carbons (Fsp3) is 0.857.